The third-order valence-corrected chi connectivity index (χ3v) is 4.24. The van der Waals surface area contributed by atoms with Crippen LogP contribution >= 0.6 is 11.8 Å². The molecule has 0 saturated carbocycles. The Morgan fingerprint density at radius 2 is 1.71 bits per heavy atom. The van der Waals surface area contributed by atoms with E-state index in [4.69, 9.17) is 4.98 Å². The van der Waals surface area contributed by atoms with Crippen LogP contribution in [0.1, 0.15) is 37.7 Å². The van der Waals surface area contributed by atoms with Crippen LogP contribution in [0.4, 0.5) is 5.82 Å². The van der Waals surface area contributed by atoms with Gasteiger partial charge in [0.1, 0.15) is 16.7 Å². The maximum Gasteiger partial charge on any atom is 0.137 e. The fourth-order valence-corrected chi connectivity index (χ4v) is 2.75. The van der Waals surface area contributed by atoms with Crippen LogP contribution in [0.5, 0.6) is 0 Å². The van der Waals surface area contributed by atoms with Crippen molar-refractivity contribution in [2.45, 2.75) is 50.0 Å². The first kappa shape index (κ1) is 15.8. The maximum absolute atomic E-state index is 4.71. The van der Waals surface area contributed by atoms with E-state index in [0.29, 0.717) is 0 Å². The van der Waals surface area contributed by atoms with E-state index in [1.165, 1.54) is 16.0 Å². The number of nitrogens with zero attached hydrogens (tertiary/aromatic N) is 2. The van der Waals surface area contributed by atoms with Gasteiger partial charge in [-0.25, -0.2) is 9.97 Å². The summed E-state index contributed by atoms with van der Waals surface area (Å²) in [6, 6.07) is 8.50. The Bertz CT molecular complexity index is 645. The van der Waals surface area contributed by atoms with Gasteiger partial charge in [-0.1, -0.05) is 38.6 Å². The minimum absolute atomic E-state index is 0.0641. The molecule has 1 N–H and O–H groups in total. The van der Waals surface area contributed by atoms with E-state index in [1.54, 1.807) is 11.8 Å². The second kappa shape index (κ2) is 6.06. The molecule has 0 amide bonds. The second-order valence-electron chi connectivity index (χ2n) is 6.26. The molecule has 21 heavy (non-hydrogen) atoms. The summed E-state index contributed by atoms with van der Waals surface area (Å²) in [5, 5.41) is 4.10. The van der Waals surface area contributed by atoms with Gasteiger partial charge in [0.15, 0.2) is 0 Å². The van der Waals surface area contributed by atoms with Crippen molar-refractivity contribution in [3.8, 4) is 0 Å². The molecule has 3 nitrogen and oxygen atoms in total. The summed E-state index contributed by atoms with van der Waals surface area (Å²) in [5.41, 5.74) is 2.55. The Morgan fingerprint density at radius 1 is 1.00 bits per heavy atom. The average Bonchev–Trinajstić information content (AvgIpc) is 2.41. The van der Waals surface area contributed by atoms with Gasteiger partial charge in [-0.05, 0) is 37.1 Å². The highest BCUT2D eigenvalue weighted by atomic mass is 32.2. The van der Waals surface area contributed by atoms with Crippen molar-refractivity contribution in [3.05, 3.63) is 41.2 Å². The lowest BCUT2D eigenvalue weighted by Crippen LogP contribution is -2.17. The number of rotatable bonds is 3. The van der Waals surface area contributed by atoms with Gasteiger partial charge in [0.2, 0.25) is 0 Å². The molecule has 0 aliphatic rings. The van der Waals surface area contributed by atoms with E-state index in [-0.39, 0.29) is 5.41 Å². The molecule has 0 aliphatic heterocycles. The fourth-order valence-electron chi connectivity index (χ4n) is 1.84. The first-order valence-electron chi connectivity index (χ1n) is 7.12. The van der Waals surface area contributed by atoms with Crippen molar-refractivity contribution in [3.63, 3.8) is 0 Å². The molecule has 1 aromatic heterocycles. The fraction of sp³-hybridized carbons (Fsp3) is 0.412. The van der Waals surface area contributed by atoms with Crippen molar-refractivity contribution in [1.29, 1.82) is 0 Å². The number of benzene rings is 1. The van der Waals surface area contributed by atoms with E-state index in [2.05, 4.69) is 63.1 Å². The molecule has 0 unspecified atom stereocenters. The smallest absolute Gasteiger partial charge is 0.137 e. The second-order valence-corrected chi connectivity index (χ2v) is 7.36. The SMILES string of the molecule is CNc1cc(Sc2ccc(C)c(C)c2)nc(C(C)(C)C)n1. The zero-order chi connectivity index (χ0) is 15.6. The molecule has 0 bridgehead atoms. The Balaban J connectivity index is 2.36. The van der Waals surface area contributed by atoms with Gasteiger partial charge in [-0.2, -0.15) is 0 Å². The first-order valence-corrected chi connectivity index (χ1v) is 7.93. The maximum atomic E-state index is 4.71. The van der Waals surface area contributed by atoms with Gasteiger partial charge in [0.25, 0.3) is 0 Å². The van der Waals surface area contributed by atoms with Crippen LogP contribution in [0.2, 0.25) is 0 Å². The van der Waals surface area contributed by atoms with Crippen LogP contribution in [-0.2, 0) is 5.41 Å². The van der Waals surface area contributed by atoms with Crippen LogP contribution in [-0.4, -0.2) is 17.0 Å². The lowest BCUT2D eigenvalue weighted by Gasteiger charge is -2.18. The van der Waals surface area contributed by atoms with Crippen molar-refractivity contribution >= 4 is 17.6 Å². The Labute approximate surface area is 131 Å². The van der Waals surface area contributed by atoms with E-state index >= 15 is 0 Å². The minimum atomic E-state index is -0.0641. The van der Waals surface area contributed by atoms with Crippen LogP contribution in [0, 0.1) is 13.8 Å². The molecule has 0 aliphatic carbocycles. The summed E-state index contributed by atoms with van der Waals surface area (Å²) in [4.78, 5) is 10.5. The number of hydrogen-bond acceptors (Lipinski definition) is 4. The Morgan fingerprint density at radius 3 is 2.29 bits per heavy atom. The summed E-state index contributed by atoms with van der Waals surface area (Å²) in [6.07, 6.45) is 0. The highest BCUT2D eigenvalue weighted by Gasteiger charge is 2.19. The van der Waals surface area contributed by atoms with Crippen molar-refractivity contribution in [1.82, 2.24) is 9.97 Å². The lowest BCUT2D eigenvalue weighted by atomic mass is 9.96. The highest BCUT2D eigenvalue weighted by Crippen LogP contribution is 2.30. The largest absolute Gasteiger partial charge is 0.373 e. The van der Waals surface area contributed by atoms with Gasteiger partial charge in [0, 0.05) is 23.4 Å². The molecule has 112 valence electrons. The molecule has 2 rings (SSSR count). The molecule has 0 saturated heterocycles. The lowest BCUT2D eigenvalue weighted by molar-refractivity contribution is 0.539. The van der Waals surface area contributed by atoms with Crippen molar-refractivity contribution in [2.24, 2.45) is 0 Å². The molecule has 1 aromatic carbocycles. The molecule has 0 atom stereocenters. The number of aromatic nitrogens is 2. The zero-order valence-corrected chi connectivity index (χ0v) is 14.4. The van der Waals surface area contributed by atoms with Crippen molar-refractivity contribution < 1.29 is 0 Å². The van der Waals surface area contributed by atoms with Crippen LogP contribution < -0.4 is 5.32 Å². The average molecular weight is 301 g/mol. The summed E-state index contributed by atoms with van der Waals surface area (Å²) in [5.74, 6) is 1.72. The van der Waals surface area contributed by atoms with Crippen molar-refractivity contribution in [2.75, 3.05) is 12.4 Å². The Kier molecular flexibility index (Phi) is 4.57. The number of hydrogen-bond donors (Lipinski definition) is 1. The van der Waals surface area contributed by atoms with Crippen LogP contribution in [0.25, 0.3) is 0 Å². The number of aryl methyl sites for hydroxylation is 2. The van der Waals surface area contributed by atoms with Gasteiger partial charge in [0.05, 0.1) is 0 Å². The monoisotopic (exact) mass is 301 g/mol. The zero-order valence-electron chi connectivity index (χ0n) is 13.6. The van der Waals surface area contributed by atoms with Crippen LogP contribution in [0.3, 0.4) is 0 Å². The van der Waals surface area contributed by atoms with E-state index < -0.39 is 0 Å². The van der Waals surface area contributed by atoms with Gasteiger partial charge >= 0.3 is 0 Å². The standard InChI is InChI=1S/C17H23N3S/c1-11-7-8-13(9-12(11)2)21-15-10-14(18-6)19-16(20-15)17(3,4)5/h7-10H,1-6H3,(H,18,19,20). The molecular weight excluding hydrogens is 278 g/mol. The van der Waals surface area contributed by atoms with Gasteiger partial charge < -0.3 is 5.32 Å². The molecule has 1 heterocycles. The summed E-state index contributed by atoms with van der Waals surface area (Å²) < 4.78 is 0. The third kappa shape index (κ3) is 3.97. The van der Waals surface area contributed by atoms with Gasteiger partial charge in [-0.15, -0.1) is 0 Å². The van der Waals surface area contributed by atoms with E-state index in [1.807, 2.05) is 13.1 Å². The molecule has 0 radical (unpaired) electrons. The Hall–Kier alpha value is -1.55. The highest BCUT2D eigenvalue weighted by molar-refractivity contribution is 7.99. The van der Waals surface area contributed by atoms with E-state index in [0.717, 1.165) is 16.7 Å². The third-order valence-electron chi connectivity index (χ3n) is 3.33. The molecule has 2 aromatic rings. The predicted molar refractivity (Wildman–Crippen MR) is 90.3 cm³/mol. The summed E-state index contributed by atoms with van der Waals surface area (Å²) in [7, 11) is 1.89. The quantitative estimate of drug-likeness (QED) is 0.842. The molecular formula is C17H23N3S. The first-order chi connectivity index (χ1) is 9.79. The normalized spacial score (nSPS) is 11.5. The molecule has 0 fully saturated rings. The van der Waals surface area contributed by atoms with E-state index in [9.17, 15) is 0 Å². The predicted octanol–water partition coefficient (Wildman–Crippen LogP) is 4.58. The summed E-state index contributed by atoms with van der Waals surface area (Å²) in [6.45, 7) is 10.7. The van der Waals surface area contributed by atoms with Gasteiger partial charge in [-0.3, -0.25) is 0 Å². The topological polar surface area (TPSA) is 37.8 Å². The number of nitrogens with one attached hydrogen (secondary N) is 1. The summed E-state index contributed by atoms with van der Waals surface area (Å²) >= 11 is 1.68. The molecule has 4 heteroatoms. The minimum Gasteiger partial charge on any atom is -0.373 e. The number of anilines is 1. The molecule has 0 spiro atoms. The van der Waals surface area contributed by atoms with Crippen LogP contribution in [0.15, 0.2) is 34.2 Å².